The first kappa shape index (κ1) is 14.5. The third-order valence-corrected chi connectivity index (χ3v) is 4.09. The first-order chi connectivity index (χ1) is 9.46. The summed E-state index contributed by atoms with van der Waals surface area (Å²) in [4.78, 5) is -0.473. The number of hydrogen-bond acceptors (Lipinski definition) is 4. The van der Waals surface area contributed by atoms with Crippen LogP contribution in [0.4, 0.5) is 10.1 Å². The molecule has 2 N–H and O–H groups in total. The Bertz CT molecular complexity index is 712. The molecule has 0 radical (unpaired) electrons. The molecule has 1 aromatic carbocycles. The standard InChI is InChI=1S/C12H14FN3O3S/c1-2-16-7-10(6-14-16)15-20(18,19)12-4-3-9(8-17)5-11(12)13/h3-7,15,17H,2,8H2,1H3. The highest BCUT2D eigenvalue weighted by atomic mass is 32.2. The fourth-order valence-electron chi connectivity index (χ4n) is 1.66. The highest BCUT2D eigenvalue weighted by Gasteiger charge is 2.20. The van der Waals surface area contributed by atoms with E-state index in [0.717, 1.165) is 12.1 Å². The second kappa shape index (κ2) is 5.59. The number of hydrogen-bond donors (Lipinski definition) is 2. The van der Waals surface area contributed by atoms with Gasteiger partial charge in [0.2, 0.25) is 0 Å². The average Bonchev–Trinajstić information content (AvgIpc) is 2.85. The molecule has 8 heteroatoms. The molecule has 2 aromatic rings. The molecule has 108 valence electrons. The van der Waals surface area contributed by atoms with Crippen molar-refractivity contribution in [1.29, 1.82) is 0 Å². The van der Waals surface area contributed by atoms with Gasteiger partial charge in [-0.2, -0.15) is 5.10 Å². The van der Waals surface area contributed by atoms with Crippen molar-refractivity contribution in [3.05, 3.63) is 42.0 Å². The van der Waals surface area contributed by atoms with Gasteiger partial charge in [0, 0.05) is 12.7 Å². The Morgan fingerprint density at radius 1 is 1.45 bits per heavy atom. The average molecular weight is 299 g/mol. The number of aromatic nitrogens is 2. The molecule has 0 saturated carbocycles. The highest BCUT2D eigenvalue weighted by Crippen LogP contribution is 2.19. The Morgan fingerprint density at radius 2 is 2.20 bits per heavy atom. The number of halogens is 1. The molecule has 0 aliphatic rings. The van der Waals surface area contributed by atoms with Crippen LogP contribution in [0.3, 0.4) is 0 Å². The number of rotatable bonds is 5. The van der Waals surface area contributed by atoms with Crippen LogP contribution < -0.4 is 4.72 Å². The van der Waals surface area contributed by atoms with E-state index in [1.807, 2.05) is 6.92 Å². The molecule has 1 heterocycles. The normalized spacial score (nSPS) is 11.6. The number of aliphatic hydroxyl groups is 1. The largest absolute Gasteiger partial charge is 0.392 e. The third-order valence-electron chi connectivity index (χ3n) is 2.68. The van der Waals surface area contributed by atoms with Crippen molar-refractivity contribution in [2.45, 2.75) is 25.0 Å². The molecule has 1 aromatic heterocycles. The Hall–Kier alpha value is -1.93. The Morgan fingerprint density at radius 3 is 2.75 bits per heavy atom. The maximum absolute atomic E-state index is 13.8. The van der Waals surface area contributed by atoms with Crippen molar-refractivity contribution in [1.82, 2.24) is 9.78 Å². The summed E-state index contributed by atoms with van der Waals surface area (Å²) in [7, 11) is -4.02. The Kier molecular flexibility index (Phi) is 4.05. The maximum atomic E-state index is 13.8. The van der Waals surface area contributed by atoms with Crippen LogP contribution in [0.1, 0.15) is 12.5 Å². The van der Waals surface area contributed by atoms with Gasteiger partial charge in [-0.15, -0.1) is 0 Å². The zero-order valence-electron chi connectivity index (χ0n) is 10.7. The molecular formula is C12H14FN3O3S. The predicted octanol–water partition coefficient (Wildman–Crippen LogP) is 1.34. The molecule has 0 bridgehead atoms. The minimum atomic E-state index is -4.02. The molecule has 0 amide bonds. The van der Waals surface area contributed by atoms with Crippen molar-refractivity contribution in [3.63, 3.8) is 0 Å². The summed E-state index contributed by atoms with van der Waals surface area (Å²) >= 11 is 0. The Labute approximate surface area is 115 Å². The fraction of sp³-hybridized carbons (Fsp3) is 0.250. The second-order valence-corrected chi connectivity index (χ2v) is 5.76. The highest BCUT2D eigenvalue weighted by molar-refractivity contribution is 7.92. The quantitative estimate of drug-likeness (QED) is 0.872. The topological polar surface area (TPSA) is 84.2 Å². The van der Waals surface area contributed by atoms with Gasteiger partial charge in [-0.1, -0.05) is 6.07 Å². The van der Waals surface area contributed by atoms with Crippen LogP contribution in [-0.2, 0) is 23.2 Å². The maximum Gasteiger partial charge on any atom is 0.264 e. The van der Waals surface area contributed by atoms with E-state index in [0.29, 0.717) is 12.1 Å². The van der Waals surface area contributed by atoms with Crippen molar-refractivity contribution in [3.8, 4) is 0 Å². The monoisotopic (exact) mass is 299 g/mol. The minimum absolute atomic E-state index is 0.262. The van der Waals surface area contributed by atoms with E-state index in [-0.39, 0.29) is 12.3 Å². The van der Waals surface area contributed by atoms with Gasteiger partial charge in [-0.25, -0.2) is 12.8 Å². The summed E-state index contributed by atoms with van der Waals surface area (Å²) in [5.41, 5.74) is 0.567. The van der Waals surface area contributed by atoms with Crippen molar-refractivity contribution in [2.75, 3.05) is 4.72 Å². The number of nitrogens with one attached hydrogen (secondary N) is 1. The van der Waals surface area contributed by atoms with Crippen LogP contribution in [0.15, 0.2) is 35.5 Å². The van der Waals surface area contributed by atoms with E-state index >= 15 is 0 Å². The molecule has 0 aliphatic heterocycles. The van der Waals surface area contributed by atoms with Crippen molar-refractivity contribution >= 4 is 15.7 Å². The second-order valence-electron chi connectivity index (χ2n) is 4.11. The van der Waals surface area contributed by atoms with Gasteiger partial charge >= 0.3 is 0 Å². The lowest BCUT2D eigenvalue weighted by Crippen LogP contribution is -2.14. The summed E-state index contributed by atoms with van der Waals surface area (Å²) in [5.74, 6) is -0.910. The summed E-state index contributed by atoms with van der Waals surface area (Å²) < 4.78 is 41.7. The van der Waals surface area contributed by atoms with Crippen LogP contribution in [0.2, 0.25) is 0 Å². The first-order valence-corrected chi connectivity index (χ1v) is 7.39. The Balaban J connectivity index is 2.30. The predicted molar refractivity (Wildman–Crippen MR) is 71.0 cm³/mol. The molecule has 6 nitrogen and oxygen atoms in total. The molecule has 0 saturated heterocycles. The molecule has 0 spiro atoms. The number of aryl methyl sites for hydroxylation is 1. The molecule has 0 unspecified atom stereocenters. The summed E-state index contributed by atoms with van der Waals surface area (Å²) in [6.07, 6.45) is 2.86. The minimum Gasteiger partial charge on any atom is -0.392 e. The lowest BCUT2D eigenvalue weighted by Gasteiger charge is -2.07. The molecule has 0 fully saturated rings. The van der Waals surface area contributed by atoms with Gasteiger partial charge in [-0.05, 0) is 24.6 Å². The van der Waals surface area contributed by atoms with Gasteiger partial charge in [0.05, 0.1) is 18.5 Å². The van der Waals surface area contributed by atoms with Crippen LogP contribution in [0.5, 0.6) is 0 Å². The number of nitrogens with zero attached hydrogens (tertiary/aromatic N) is 2. The number of sulfonamides is 1. The zero-order chi connectivity index (χ0) is 14.8. The van der Waals surface area contributed by atoms with Crippen LogP contribution >= 0.6 is 0 Å². The fourth-order valence-corrected chi connectivity index (χ4v) is 2.75. The van der Waals surface area contributed by atoms with E-state index in [1.54, 1.807) is 4.68 Å². The van der Waals surface area contributed by atoms with E-state index in [4.69, 9.17) is 5.11 Å². The van der Waals surface area contributed by atoms with Crippen molar-refractivity contribution < 1.29 is 17.9 Å². The lowest BCUT2D eigenvalue weighted by atomic mass is 10.2. The van der Waals surface area contributed by atoms with Crippen molar-refractivity contribution in [2.24, 2.45) is 0 Å². The van der Waals surface area contributed by atoms with E-state index in [1.165, 1.54) is 18.5 Å². The summed E-state index contributed by atoms with van der Waals surface area (Å²) in [6.45, 7) is 2.10. The number of benzene rings is 1. The van der Waals surface area contributed by atoms with Crippen LogP contribution in [-0.4, -0.2) is 23.3 Å². The number of aliphatic hydroxyl groups excluding tert-OH is 1. The SMILES string of the molecule is CCn1cc(NS(=O)(=O)c2ccc(CO)cc2F)cn1. The van der Waals surface area contributed by atoms with Gasteiger partial charge in [-0.3, -0.25) is 9.40 Å². The zero-order valence-corrected chi connectivity index (χ0v) is 11.6. The summed E-state index contributed by atoms with van der Waals surface area (Å²) in [6, 6.07) is 3.46. The van der Waals surface area contributed by atoms with E-state index < -0.39 is 20.7 Å². The molecular weight excluding hydrogens is 285 g/mol. The van der Waals surface area contributed by atoms with Gasteiger partial charge in [0.15, 0.2) is 0 Å². The smallest absolute Gasteiger partial charge is 0.264 e. The molecule has 20 heavy (non-hydrogen) atoms. The third kappa shape index (κ3) is 2.97. The number of anilines is 1. The lowest BCUT2D eigenvalue weighted by molar-refractivity contribution is 0.281. The molecule has 0 atom stereocenters. The summed E-state index contributed by atoms with van der Waals surface area (Å²) in [5, 5.41) is 12.8. The van der Waals surface area contributed by atoms with E-state index in [2.05, 4.69) is 9.82 Å². The van der Waals surface area contributed by atoms with Gasteiger partial charge in [0.25, 0.3) is 10.0 Å². The molecule has 0 aliphatic carbocycles. The van der Waals surface area contributed by atoms with Crippen LogP contribution in [0.25, 0.3) is 0 Å². The van der Waals surface area contributed by atoms with Gasteiger partial charge in [0.1, 0.15) is 10.7 Å². The van der Waals surface area contributed by atoms with Gasteiger partial charge < -0.3 is 5.11 Å². The molecule has 2 rings (SSSR count). The first-order valence-electron chi connectivity index (χ1n) is 5.91. The van der Waals surface area contributed by atoms with E-state index in [9.17, 15) is 12.8 Å². The van der Waals surface area contributed by atoms with Crippen LogP contribution in [0, 0.1) is 5.82 Å².